The van der Waals surface area contributed by atoms with Crippen LogP contribution < -0.4 is 4.90 Å². The molecule has 25 heavy (non-hydrogen) atoms. The molecule has 4 heteroatoms. The van der Waals surface area contributed by atoms with Gasteiger partial charge in [-0.3, -0.25) is 9.59 Å². The molecule has 0 aliphatic carbocycles. The highest BCUT2D eigenvalue weighted by Crippen LogP contribution is 2.23. The predicted octanol–water partition coefficient (Wildman–Crippen LogP) is 3.58. The number of hydrogen-bond acceptors (Lipinski definition) is 2. The summed E-state index contributed by atoms with van der Waals surface area (Å²) in [6.07, 6.45) is 1.91. The molecule has 1 unspecified atom stereocenters. The highest BCUT2D eigenvalue weighted by molar-refractivity contribution is 5.95. The van der Waals surface area contributed by atoms with Gasteiger partial charge < -0.3 is 9.80 Å². The molecule has 0 aromatic heterocycles. The number of benzene rings is 2. The molecule has 2 aromatic rings. The molecule has 2 amide bonds. The Hall–Kier alpha value is -2.62. The van der Waals surface area contributed by atoms with Crippen molar-refractivity contribution in [1.29, 1.82) is 0 Å². The topological polar surface area (TPSA) is 40.6 Å². The molecule has 0 N–H and O–H groups in total. The first-order valence-corrected chi connectivity index (χ1v) is 8.76. The Morgan fingerprint density at radius 2 is 1.80 bits per heavy atom. The molecule has 1 heterocycles. The van der Waals surface area contributed by atoms with Gasteiger partial charge >= 0.3 is 0 Å². The number of hydrogen-bond donors (Lipinski definition) is 0. The van der Waals surface area contributed by atoms with Crippen molar-refractivity contribution in [2.24, 2.45) is 0 Å². The smallest absolute Gasteiger partial charge is 0.227 e. The van der Waals surface area contributed by atoms with Crippen LogP contribution in [-0.2, 0) is 16.0 Å². The number of rotatable bonds is 5. The highest BCUT2D eigenvalue weighted by atomic mass is 16.2. The first-order chi connectivity index (χ1) is 12.1. The number of carbonyl (C=O) groups is 2. The van der Waals surface area contributed by atoms with E-state index in [-0.39, 0.29) is 17.9 Å². The Kier molecular flexibility index (Phi) is 5.17. The van der Waals surface area contributed by atoms with Gasteiger partial charge in [0, 0.05) is 25.7 Å². The molecule has 1 saturated heterocycles. The van der Waals surface area contributed by atoms with E-state index < -0.39 is 0 Å². The molecule has 0 spiro atoms. The Labute approximate surface area is 149 Å². The molecule has 1 fully saturated rings. The van der Waals surface area contributed by atoms with Gasteiger partial charge in [0.2, 0.25) is 11.8 Å². The van der Waals surface area contributed by atoms with Gasteiger partial charge in [0.15, 0.2) is 0 Å². The summed E-state index contributed by atoms with van der Waals surface area (Å²) in [7, 11) is 1.84. The second kappa shape index (κ2) is 7.51. The van der Waals surface area contributed by atoms with E-state index in [0.29, 0.717) is 12.8 Å². The maximum absolute atomic E-state index is 12.6. The van der Waals surface area contributed by atoms with Crippen LogP contribution in [0.25, 0.3) is 0 Å². The Morgan fingerprint density at radius 3 is 2.40 bits per heavy atom. The number of nitrogens with zero attached hydrogens (tertiary/aromatic N) is 2. The van der Waals surface area contributed by atoms with E-state index in [0.717, 1.165) is 29.8 Å². The molecule has 1 atom stereocenters. The molecular weight excluding hydrogens is 312 g/mol. The van der Waals surface area contributed by atoms with Crippen molar-refractivity contribution in [3.63, 3.8) is 0 Å². The van der Waals surface area contributed by atoms with Crippen LogP contribution in [0.3, 0.4) is 0 Å². The summed E-state index contributed by atoms with van der Waals surface area (Å²) in [4.78, 5) is 28.0. The van der Waals surface area contributed by atoms with Gasteiger partial charge in [-0.05, 0) is 36.6 Å². The van der Waals surface area contributed by atoms with Gasteiger partial charge in [0.1, 0.15) is 0 Å². The molecule has 0 bridgehead atoms. The van der Waals surface area contributed by atoms with E-state index in [4.69, 9.17) is 0 Å². The van der Waals surface area contributed by atoms with Crippen molar-refractivity contribution in [3.05, 3.63) is 65.7 Å². The van der Waals surface area contributed by atoms with Crippen molar-refractivity contribution in [3.8, 4) is 0 Å². The summed E-state index contributed by atoms with van der Waals surface area (Å²) in [5, 5.41) is 0. The Bertz CT molecular complexity index is 740. The van der Waals surface area contributed by atoms with E-state index in [1.807, 2.05) is 73.5 Å². The molecule has 130 valence electrons. The van der Waals surface area contributed by atoms with E-state index >= 15 is 0 Å². The summed E-state index contributed by atoms with van der Waals surface area (Å²) in [6.45, 7) is 2.82. The molecule has 0 radical (unpaired) electrons. The predicted molar refractivity (Wildman–Crippen MR) is 99.4 cm³/mol. The largest absolute Gasteiger partial charge is 0.339 e. The number of amides is 2. The van der Waals surface area contributed by atoms with E-state index in [9.17, 15) is 9.59 Å². The van der Waals surface area contributed by atoms with Gasteiger partial charge in [0.25, 0.3) is 0 Å². The third-order valence-corrected chi connectivity index (χ3v) is 4.93. The molecule has 1 aliphatic heterocycles. The maximum Gasteiger partial charge on any atom is 0.227 e. The average molecular weight is 336 g/mol. The molecular formula is C21H24N2O2. The SMILES string of the molecule is CC(c1ccccc1)N(C)C(=O)Cc1ccc(N2CCCC2=O)cc1. The lowest BCUT2D eigenvalue weighted by Crippen LogP contribution is -2.31. The van der Waals surface area contributed by atoms with Gasteiger partial charge in [-0.2, -0.15) is 0 Å². The average Bonchev–Trinajstić information content (AvgIpc) is 3.07. The van der Waals surface area contributed by atoms with E-state index in [1.165, 1.54) is 0 Å². The fraction of sp³-hybridized carbons (Fsp3) is 0.333. The van der Waals surface area contributed by atoms with Crippen LogP contribution in [0.5, 0.6) is 0 Å². The Balaban J connectivity index is 1.63. The minimum atomic E-state index is 0.0372. The van der Waals surface area contributed by atoms with E-state index in [1.54, 1.807) is 4.90 Å². The minimum absolute atomic E-state index is 0.0372. The van der Waals surface area contributed by atoms with Crippen molar-refractivity contribution in [2.75, 3.05) is 18.5 Å². The normalized spacial score (nSPS) is 15.3. The van der Waals surface area contributed by atoms with Crippen LogP contribution in [0.15, 0.2) is 54.6 Å². The Morgan fingerprint density at radius 1 is 1.12 bits per heavy atom. The minimum Gasteiger partial charge on any atom is -0.339 e. The third kappa shape index (κ3) is 3.90. The van der Waals surface area contributed by atoms with Gasteiger partial charge in [-0.25, -0.2) is 0 Å². The summed E-state index contributed by atoms with van der Waals surface area (Å²) >= 11 is 0. The van der Waals surface area contributed by atoms with Crippen LogP contribution >= 0.6 is 0 Å². The molecule has 1 aliphatic rings. The zero-order chi connectivity index (χ0) is 17.8. The van der Waals surface area contributed by atoms with Gasteiger partial charge in [0.05, 0.1) is 12.5 Å². The quantitative estimate of drug-likeness (QED) is 0.837. The number of likely N-dealkylation sites (N-methyl/N-ethyl adjacent to an activating group) is 1. The monoisotopic (exact) mass is 336 g/mol. The molecule has 2 aromatic carbocycles. The summed E-state index contributed by atoms with van der Waals surface area (Å²) < 4.78 is 0. The fourth-order valence-electron chi connectivity index (χ4n) is 3.19. The van der Waals surface area contributed by atoms with Crippen LogP contribution in [0, 0.1) is 0 Å². The highest BCUT2D eigenvalue weighted by Gasteiger charge is 2.22. The first-order valence-electron chi connectivity index (χ1n) is 8.76. The van der Waals surface area contributed by atoms with Crippen molar-refractivity contribution in [1.82, 2.24) is 4.90 Å². The molecule has 3 rings (SSSR count). The van der Waals surface area contributed by atoms with Crippen molar-refractivity contribution in [2.45, 2.75) is 32.2 Å². The number of anilines is 1. The zero-order valence-corrected chi connectivity index (χ0v) is 14.8. The van der Waals surface area contributed by atoms with Crippen LogP contribution in [-0.4, -0.2) is 30.3 Å². The maximum atomic E-state index is 12.6. The standard InChI is InChI=1S/C21H24N2O2/c1-16(18-7-4-3-5-8-18)22(2)21(25)15-17-10-12-19(13-11-17)23-14-6-9-20(23)24/h3-5,7-8,10-13,16H,6,9,14-15H2,1-2H3. The summed E-state index contributed by atoms with van der Waals surface area (Å²) in [6, 6.07) is 17.8. The summed E-state index contributed by atoms with van der Waals surface area (Å²) in [5.41, 5.74) is 3.01. The lowest BCUT2D eigenvalue weighted by molar-refractivity contribution is -0.131. The van der Waals surface area contributed by atoms with Crippen LogP contribution in [0.4, 0.5) is 5.69 Å². The molecule has 0 saturated carbocycles. The first kappa shape index (κ1) is 17.2. The third-order valence-electron chi connectivity index (χ3n) is 4.93. The second-order valence-corrected chi connectivity index (χ2v) is 6.58. The van der Waals surface area contributed by atoms with E-state index in [2.05, 4.69) is 0 Å². The van der Waals surface area contributed by atoms with Gasteiger partial charge in [-0.15, -0.1) is 0 Å². The van der Waals surface area contributed by atoms with Crippen LogP contribution in [0.1, 0.15) is 36.9 Å². The lowest BCUT2D eigenvalue weighted by atomic mass is 10.1. The number of carbonyl (C=O) groups excluding carboxylic acids is 2. The fourth-order valence-corrected chi connectivity index (χ4v) is 3.19. The zero-order valence-electron chi connectivity index (χ0n) is 14.8. The van der Waals surface area contributed by atoms with Crippen LogP contribution in [0.2, 0.25) is 0 Å². The second-order valence-electron chi connectivity index (χ2n) is 6.58. The van der Waals surface area contributed by atoms with Crippen molar-refractivity contribution >= 4 is 17.5 Å². The summed E-state index contributed by atoms with van der Waals surface area (Å²) in [5.74, 6) is 0.265. The molecule has 4 nitrogen and oxygen atoms in total. The lowest BCUT2D eigenvalue weighted by Gasteiger charge is -2.25. The van der Waals surface area contributed by atoms with Crippen molar-refractivity contribution < 1.29 is 9.59 Å². The van der Waals surface area contributed by atoms with Gasteiger partial charge in [-0.1, -0.05) is 42.5 Å².